The summed E-state index contributed by atoms with van der Waals surface area (Å²) in [4.78, 5) is 8.92. The Bertz CT molecular complexity index is 540. The van der Waals surface area contributed by atoms with Gasteiger partial charge in [0.1, 0.15) is 6.10 Å². The number of aryl methyl sites for hydroxylation is 1. The first-order chi connectivity index (χ1) is 9.13. The minimum atomic E-state index is -0.248. The average Bonchev–Trinajstić information content (AvgIpc) is 2.40. The van der Waals surface area contributed by atoms with E-state index in [9.17, 15) is 0 Å². The number of methoxy groups -OCH3 is 1. The Kier molecular flexibility index (Phi) is 4.24. The maximum atomic E-state index is 5.87. The second-order valence-electron chi connectivity index (χ2n) is 4.58. The summed E-state index contributed by atoms with van der Waals surface area (Å²) in [7, 11) is 1.66. The minimum Gasteiger partial charge on any atom is -0.369 e. The predicted molar refractivity (Wildman–Crippen MR) is 74.7 cm³/mol. The van der Waals surface area contributed by atoms with E-state index in [0.717, 1.165) is 16.8 Å². The Morgan fingerprint density at radius 1 is 1.21 bits per heavy atom. The minimum absolute atomic E-state index is 0.0632. The van der Waals surface area contributed by atoms with E-state index in [4.69, 9.17) is 10.5 Å². The van der Waals surface area contributed by atoms with E-state index in [1.165, 1.54) is 0 Å². The summed E-state index contributed by atoms with van der Waals surface area (Å²) >= 11 is 0. The lowest BCUT2D eigenvalue weighted by molar-refractivity contribution is 0.129. The second-order valence-corrected chi connectivity index (χ2v) is 4.58. The fourth-order valence-corrected chi connectivity index (χ4v) is 2.09. The Balaban J connectivity index is 2.37. The van der Waals surface area contributed by atoms with Crippen molar-refractivity contribution in [1.29, 1.82) is 0 Å². The molecule has 0 saturated heterocycles. The average molecular weight is 257 g/mol. The molecule has 2 atom stereocenters. The van der Waals surface area contributed by atoms with E-state index in [1.54, 1.807) is 13.3 Å². The molecule has 19 heavy (non-hydrogen) atoms. The zero-order chi connectivity index (χ0) is 13.8. The lowest BCUT2D eigenvalue weighted by atomic mass is 10.1. The normalized spacial score (nSPS) is 14.1. The van der Waals surface area contributed by atoms with E-state index in [2.05, 4.69) is 9.97 Å². The van der Waals surface area contributed by atoms with Gasteiger partial charge in [0.2, 0.25) is 0 Å². The third-order valence-electron chi connectivity index (χ3n) is 3.10. The number of hydrogen-bond donors (Lipinski definition) is 1. The quantitative estimate of drug-likeness (QED) is 0.914. The van der Waals surface area contributed by atoms with Crippen LogP contribution in [0.3, 0.4) is 0 Å². The number of benzene rings is 1. The first-order valence-electron chi connectivity index (χ1n) is 6.30. The van der Waals surface area contributed by atoms with E-state index in [1.807, 2.05) is 44.2 Å². The lowest BCUT2D eigenvalue weighted by Gasteiger charge is -2.16. The van der Waals surface area contributed by atoms with Gasteiger partial charge in [0, 0.05) is 30.6 Å². The van der Waals surface area contributed by atoms with Crippen LogP contribution in [0.25, 0.3) is 0 Å². The molecule has 0 aliphatic heterocycles. The molecule has 0 aliphatic rings. The molecule has 1 heterocycles. The van der Waals surface area contributed by atoms with Crippen LogP contribution in [0.1, 0.15) is 41.7 Å². The van der Waals surface area contributed by atoms with Crippen LogP contribution < -0.4 is 5.73 Å². The molecule has 0 radical (unpaired) electrons. The van der Waals surface area contributed by atoms with E-state index in [0.29, 0.717) is 5.82 Å². The molecule has 1 aromatic carbocycles. The zero-order valence-corrected chi connectivity index (χ0v) is 11.5. The summed E-state index contributed by atoms with van der Waals surface area (Å²) in [6.07, 6.45) is 1.54. The summed E-state index contributed by atoms with van der Waals surface area (Å²) in [6, 6.07) is 9.88. The van der Waals surface area contributed by atoms with Crippen LogP contribution in [-0.4, -0.2) is 17.1 Å². The van der Waals surface area contributed by atoms with Gasteiger partial charge in [0.15, 0.2) is 5.82 Å². The molecule has 4 nitrogen and oxygen atoms in total. The first kappa shape index (κ1) is 13.6. The summed E-state index contributed by atoms with van der Waals surface area (Å²) in [5, 5.41) is 0. The molecule has 2 rings (SSSR count). The highest BCUT2D eigenvalue weighted by Gasteiger charge is 2.17. The number of rotatable bonds is 4. The smallest absolute Gasteiger partial charge is 0.162 e. The Hall–Kier alpha value is -1.78. The highest BCUT2D eigenvalue weighted by atomic mass is 16.5. The van der Waals surface area contributed by atoms with Crippen LogP contribution in [0.2, 0.25) is 0 Å². The van der Waals surface area contributed by atoms with E-state index >= 15 is 0 Å². The Morgan fingerprint density at radius 2 is 1.89 bits per heavy atom. The molecule has 100 valence electrons. The summed E-state index contributed by atoms with van der Waals surface area (Å²) in [5.41, 5.74) is 8.78. The van der Waals surface area contributed by atoms with Crippen molar-refractivity contribution >= 4 is 0 Å². The third kappa shape index (κ3) is 2.97. The molecule has 1 unspecified atom stereocenters. The van der Waals surface area contributed by atoms with Gasteiger partial charge >= 0.3 is 0 Å². The van der Waals surface area contributed by atoms with Crippen LogP contribution in [-0.2, 0) is 4.74 Å². The Morgan fingerprint density at radius 3 is 2.42 bits per heavy atom. The van der Waals surface area contributed by atoms with Crippen molar-refractivity contribution in [2.24, 2.45) is 5.73 Å². The molecule has 0 saturated carbocycles. The molecular weight excluding hydrogens is 238 g/mol. The summed E-state index contributed by atoms with van der Waals surface area (Å²) in [6.45, 7) is 3.87. The number of nitrogens with zero attached hydrogens (tertiary/aromatic N) is 2. The van der Waals surface area contributed by atoms with Crippen molar-refractivity contribution in [2.45, 2.75) is 26.0 Å². The van der Waals surface area contributed by atoms with Crippen LogP contribution >= 0.6 is 0 Å². The molecule has 0 amide bonds. The zero-order valence-electron chi connectivity index (χ0n) is 11.5. The molecule has 0 bridgehead atoms. The summed E-state index contributed by atoms with van der Waals surface area (Å²) in [5.74, 6) is 0.663. The van der Waals surface area contributed by atoms with E-state index < -0.39 is 0 Å². The van der Waals surface area contributed by atoms with Gasteiger partial charge < -0.3 is 10.5 Å². The molecule has 0 spiro atoms. The van der Waals surface area contributed by atoms with Crippen molar-refractivity contribution in [3.63, 3.8) is 0 Å². The number of aromatic nitrogens is 2. The molecule has 4 heteroatoms. The number of nitrogens with two attached hydrogens (primary N) is 1. The Labute approximate surface area is 113 Å². The second kappa shape index (κ2) is 5.91. The lowest BCUT2D eigenvalue weighted by Crippen LogP contribution is -2.13. The molecule has 2 aromatic rings. The maximum Gasteiger partial charge on any atom is 0.162 e. The molecular formula is C15H19N3O. The van der Waals surface area contributed by atoms with Gasteiger partial charge in [0.25, 0.3) is 0 Å². The number of ether oxygens (including phenoxy) is 1. The predicted octanol–water partition coefficient (Wildman–Crippen LogP) is 2.54. The molecule has 0 fully saturated rings. The van der Waals surface area contributed by atoms with E-state index in [-0.39, 0.29) is 12.1 Å². The standard InChI is InChI=1S/C15H19N3O/c1-10(16)13-9-17-15(18-11(13)2)14(19-3)12-7-5-4-6-8-12/h4-10,14H,16H2,1-3H3/t10-,14?/m0/s1. The molecule has 0 aliphatic carbocycles. The van der Waals surface area contributed by atoms with Crippen molar-refractivity contribution in [3.05, 3.63) is 59.2 Å². The van der Waals surface area contributed by atoms with Gasteiger partial charge in [-0.15, -0.1) is 0 Å². The first-order valence-corrected chi connectivity index (χ1v) is 6.30. The van der Waals surface area contributed by atoms with Gasteiger partial charge in [-0.25, -0.2) is 9.97 Å². The van der Waals surface area contributed by atoms with Crippen LogP contribution in [0, 0.1) is 6.92 Å². The fraction of sp³-hybridized carbons (Fsp3) is 0.333. The van der Waals surface area contributed by atoms with Crippen molar-refractivity contribution < 1.29 is 4.74 Å². The highest BCUT2D eigenvalue weighted by molar-refractivity contribution is 5.26. The van der Waals surface area contributed by atoms with Crippen LogP contribution in [0.4, 0.5) is 0 Å². The molecule has 2 N–H and O–H groups in total. The topological polar surface area (TPSA) is 61.0 Å². The van der Waals surface area contributed by atoms with Crippen LogP contribution in [0.15, 0.2) is 36.5 Å². The monoisotopic (exact) mass is 257 g/mol. The number of hydrogen-bond acceptors (Lipinski definition) is 4. The highest BCUT2D eigenvalue weighted by Crippen LogP contribution is 2.23. The van der Waals surface area contributed by atoms with Gasteiger partial charge in [-0.05, 0) is 19.4 Å². The maximum absolute atomic E-state index is 5.87. The largest absolute Gasteiger partial charge is 0.369 e. The fourth-order valence-electron chi connectivity index (χ4n) is 2.09. The SMILES string of the molecule is COC(c1ccccc1)c1ncc([C@H](C)N)c(C)n1. The van der Waals surface area contributed by atoms with Crippen LogP contribution in [0.5, 0.6) is 0 Å². The van der Waals surface area contributed by atoms with Gasteiger partial charge in [-0.1, -0.05) is 30.3 Å². The summed E-state index contributed by atoms with van der Waals surface area (Å²) < 4.78 is 5.52. The molecule has 1 aromatic heterocycles. The van der Waals surface area contributed by atoms with Crippen molar-refractivity contribution in [3.8, 4) is 0 Å². The van der Waals surface area contributed by atoms with Gasteiger partial charge in [-0.3, -0.25) is 0 Å². The van der Waals surface area contributed by atoms with Crippen molar-refractivity contribution in [1.82, 2.24) is 9.97 Å². The van der Waals surface area contributed by atoms with Crippen molar-refractivity contribution in [2.75, 3.05) is 7.11 Å². The van der Waals surface area contributed by atoms with Gasteiger partial charge in [0.05, 0.1) is 0 Å². The van der Waals surface area contributed by atoms with Gasteiger partial charge in [-0.2, -0.15) is 0 Å². The third-order valence-corrected chi connectivity index (χ3v) is 3.10.